The number of methoxy groups -OCH3 is 1. The largest absolute Gasteiger partial charge is 0.493 e. The highest BCUT2D eigenvalue weighted by Gasteiger charge is 2.12. The van der Waals surface area contributed by atoms with Gasteiger partial charge < -0.3 is 29.6 Å². The highest BCUT2D eigenvalue weighted by atomic mass is 16.5. The molecule has 10 nitrogen and oxygen atoms in total. The molecule has 0 aromatic heterocycles. The van der Waals surface area contributed by atoms with Gasteiger partial charge in [0.15, 0.2) is 18.1 Å². The zero-order chi connectivity index (χ0) is 27.3. The molecule has 0 saturated heterocycles. The molecule has 0 heterocycles. The minimum atomic E-state index is -0.687. The van der Waals surface area contributed by atoms with Crippen molar-refractivity contribution < 1.29 is 38.1 Å². The molecule has 38 heavy (non-hydrogen) atoms. The molecule has 0 aliphatic heterocycles. The second kappa shape index (κ2) is 14.0. The van der Waals surface area contributed by atoms with Crippen LogP contribution in [-0.4, -0.2) is 44.1 Å². The number of amides is 2. The average Bonchev–Trinajstić information content (AvgIpc) is 2.92. The van der Waals surface area contributed by atoms with Crippen LogP contribution in [0.2, 0.25) is 0 Å². The van der Waals surface area contributed by atoms with Gasteiger partial charge in [-0.25, -0.2) is 4.79 Å². The molecule has 0 saturated carbocycles. The summed E-state index contributed by atoms with van der Waals surface area (Å²) in [6, 6.07) is 20.1. The van der Waals surface area contributed by atoms with Gasteiger partial charge in [0, 0.05) is 17.8 Å². The zero-order valence-corrected chi connectivity index (χ0v) is 21.0. The van der Waals surface area contributed by atoms with Crippen LogP contribution in [0.25, 0.3) is 0 Å². The Morgan fingerprint density at radius 3 is 1.95 bits per heavy atom. The SMILES string of the molecule is CCOC(=O)c1ccc(NC(=O)COC(=O)CCC(=O)Nc2ccc(Oc3ccccc3OC)cc2)cc1. The first-order chi connectivity index (χ1) is 18.4. The molecule has 3 rings (SSSR count). The highest BCUT2D eigenvalue weighted by molar-refractivity contribution is 5.95. The topological polar surface area (TPSA) is 129 Å². The maximum atomic E-state index is 12.2. The molecular formula is C28H28N2O8. The Morgan fingerprint density at radius 2 is 1.32 bits per heavy atom. The summed E-state index contributed by atoms with van der Waals surface area (Å²) in [5, 5.41) is 5.24. The van der Waals surface area contributed by atoms with Gasteiger partial charge >= 0.3 is 11.9 Å². The molecule has 0 fully saturated rings. The fourth-order valence-corrected chi connectivity index (χ4v) is 3.19. The van der Waals surface area contributed by atoms with Crippen molar-refractivity contribution in [1.29, 1.82) is 0 Å². The number of carbonyl (C=O) groups excluding carboxylic acids is 4. The summed E-state index contributed by atoms with van der Waals surface area (Å²) < 4.78 is 20.9. The molecule has 0 spiro atoms. The molecule has 3 aromatic carbocycles. The van der Waals surface area contributed by atoms with Gasteiger partial charge in [0.05, 0.1) is 25.7 Å². The number of carbonyl (C=O) groups is 4. The van der Waals surface area contributed by atoms with Crippen molar-refractivity contribution in [2.45, 2.75) is 19.8 Å². The summed E-state index contributed by atoms with van der Waals surface area (Å²) in [6.07, 6.45) is -0.308. The summed E-state index contributed by atoms with van der Waals surface area (Å²) in [7, 11) is 1.56. The van der Waals surface area contributed by atoms with Crippen molar-refractivity contribution in [3.63, 3.8) is 0 Å². The van der Waals surface area contributed by atoms with Gasteiger partial charge in [-0.15, -0.1) is 0 Å². The van der Waals surface area contributed by atoms with Crippen LogP contribution in [0, 0.1) is 0 Å². The van der Waals surface area contributed by atoms with E-state index in [1.165, 1.54) is 24.3 Å². The number of nitrogens with one attached hydrogen (secondary N) is 2. The molecule has 198 valence electrons. The Balaban J connectivity index is 1.36. The minimum absolute atomic E-state index is 0.116. The quantitative estimate of drug-likeness (QED) is 0.333. The van der Waals surface area contributed by atoms with Crippen LogP contribution in [0.3, 0.4) is 0 Å². The molecule has 0 bridgehead atoms. The van der Waals surface area contributed by atoms with Crippen molar-refractivity contribution in [3.05, 3.63) is 78.4 Å². The number of anilines is 2. The fraction of sp³-hybridized carbons (Fsp3) is 0.214. The van der Waals surface area contributed by atoms with Gasteiger partial charge in [0.1, 0.15) is 5.75 Å². The van der Waals surface area contributed by atoms with E-state index in [-0.39, 0.29) is 25.4 Å². The Bertz CT molecular complexity index is 1260. The zero-order valence-electron chi connectivity index (χ0n) is 21.0. The summed E-state index contributed by atoms with van der Waals surface area (Å²) in [5.41, 5.74) is 1.31. The van der Waals surface area contributed by atoms with Crippen molar-refractivity contribution in [2.24, 2.45) is 0 Å². The first-order valence-corrected chi connectivity index (χ1v) is 11.8. The summed E-state index contributed by atoms with van der Waals surface area (Å²) in [5.74, 6) is -0.366. The molecule has 10 heteroatoms. The summed E-state index contributed by atoms with van der Waals surface area (Å²) in [4.78, 5) is 47.8. The van der Waals surface area contributed by atoms with Gasteiger partial charge in [-0.1, -0.05) is 12.1 Å². The van der Waals surface area contributed by atoms with Crippen LogP contribution in [0.1, 0.15) is 30.1 Å². The standard InChI is InChI=1S/C28H28N2O8/c1-3-36-28(34)19-8-10-20(11-9-19)30-26(32)18-37-27(33)17-16-25(31)29-21-12-14-22(15-13-21)38-24-7-5-4-6-23(24)35-2/h4-15H,3,16-18H2,1-2H3,(H,29,31)(H,30,32). The molecule has 3 aromatic rings. The van der Waals surface area contributed by atoms with Gasteiger partial charge in [-0.3, -0.25) is 14.4 Å². The van der Waals surface area contributed by atoms with Crippen LogP contribution in [-0.2, 0) is 23.9 Å². The van der Waals surface area contributed by atoms with Crippen LogP contribution >= 0.6 is 0 Å². The Kier molecular flexibility index (Phi) is 10.2. The Morgan fingerprint density at radius 1 is 0.711 bits per heavy atom. The van der Waals surface area contributed by atoms with E-state index in [4.69, 9.17) is 18.9 Å². The second-order valence-electron chi connectivity index (χ2n) is 7.83. The fourth-order valence-electron chi connectivity index (χ4n) is 3.19. The monoisotopic (exact) mass is 520 g/mol. The van der Waals surface area contributed by atoms with E-state index >= 15 is 0 Å². The van der Waals surface area contributed by atoms with E-state index in [0.717, 1.165) is 0 Å². The number of esters is 2. The minimum Gasteiger partial charge on any atom is -0.493 e. The first-order valence-electron chi connectivity index (χ1n) is 11.8. The number of hydrogen-bond donors (Lipinski definition) is 2. The van der Waals surface area contributed by atoms with E-state index in [9.17, 15) is 19.2 Å². The van der Waals surface area contributed by atoms with Crippen LogP contribution in [0.15, 0.2) is 72.8 Å². The van der Waals surface area contributed by atoms with Crippen molar-refractivity contribution in [2.75, 3.05) is 31.0 Å². The molecule has 0 unspecified atom stereocenters. The molecule has 0 aliphatic carbocycles. The van der Waals surface area contributed by atoms with E-state index < -0.39 is 24.5 Å². The maximum Gasteiger partial charge on any atom is 0.338 e. The van der Waals surface area contributed by atoms with Crippen molar-refractivity contribution in [3.8, 4) is 17.2 Å². The third-order valence-corrected chi connectivity index (χ3v) is 5.04. The van der Waals surface area contributed by atoms with Crippen LogP contribution < -0.4 is 20.1 Å². The lowest BCUT2D eigenvalue weighted by Gasteiger charge is -2.11. The predicted octanol–water partition coefficient (Wildman–Crippen LogP) is 4.56. The number of rotatable bonds is 12. The molecule has 0 radical (unpaired) electrons. The molecule has 2 N–H and O–H groups in total. The van der Waals surface area contributed by atoms with E-state index in [2.05, 4.69) is 10.6 Å². The smallest absolute Gasteiger partial charge is 0.338 e. The van der Waals surface area contributed by atoms with Crippen LogP contribution in [0.5, 0.6) is 17.2 Å². The highest BCUT2D eigenvalue weighted by Crippen LogP contribution is 2.31. The first kappa shape index (κ1) is 27.7. The Labute approximate surface area is 219 Å². The number of benzene rings is 3. The number of ether oxygens (including phenoxy) is 4. The van der Waals surface area contributed by atoms with Crippen LogP contribution in [0.4, 0.5) is 11.4 Å². The summed E-state index contributed by atoms with van der Waals surface area (Å²) >= 11 is 0. The van der Waals surface area contributed by atoms with E-state index in [0.29, 0.717) is 34.2 Å². The predicted molar refractivity (Wildman–Crippen MR) is 139 cm³/mol. The molecular weight excluding hydrogens is 492 g/mol. The van der Waals surface area contributed by atoms with Gasteiger partial charge in [0.25, 0.3) is 5.91 Å². The number of hydrogen-bond acceptors (Lipinski definition) is 8. The molecule has 0 atom stereocenters. The van der Waals surface area contributed by atoms with Crippen molar-refractivity contribution in [1.82, 2.24) is 0 Å². The lowest BCUT2D eigenvalue weighted by molar-refractivity contribution is -0.147. The van der Waals surface area contributed by atoms with Gasteiger partial charge in [-0.05, 0) is 67.6 Å². The van der Waals surface area contributed by atoms with E-state index in [1.54, 1.807) is 50.4 Å². The maximum absolute atomic E-state index is 12.2. The lowest BCUT2D eigenvalue weighted by Crippen LogP contribution is -2.21. The third-order valence-electron chi connectivity index (χ3n) is 5.04. The third kappa shape index (κ3) is 8.66. The van der Waals surface area contributed by atoms with Gasteiger partial charge in [-0.2, -0.15) is 0 Å². The molecule has 2 amide bonds. The normalized spacial score (nSPS) is 10.2. The van der Waals surface area contributed by atoms with E-state index in [1.807, 2.05) is 12.1 Å². The average molecular weight is 521 g/mol. The number of para-hydroxylation sites is 2. The van der Waals surface area contributed by atoms with Crippen molar-refractivity contribution >= 4 is 35.1 Å². The second-order valence-corrected chi connectivity index (χ2v) is 7.83. The van der Waals surface area contributed by atoms with Gasteiger partial charge in [0.2, 0.25) is 5.91 Å². The summed E-state index contributed by atoms with van der Waals surface area (Å²) in [6.45, 7) is 1.46. The lowest BCUT2D eigenvalue weighted by atomic mass is 10.2. The molecule has 0 aliphatic rings. The Hall–Kier alpha value is -4.86.